The molecule has 1 aliphatic rings. The average Bonchev–Trinajstić information content (AvgIpc) is 2.60. The lowest BCUT2D eigenvalue weighted by molar-refractivity contribution is -0.118. The molecule has 24 heavy (non-hydrogen) atoms. The molecule has 1 saturated heterocycles. The van der Waals surface area contributed by atoms with Crippen molar-refractivity contribution in [3.05, 3.63) is 24.3 Å². The molecule has 0 radical (unpaired) electrons. The van der Waals surface area contributed by atoms with Crippen LogP contribution in [0.25, 0.3) is 0 Å². The highest BCUT2D eigenvalue weighted by atomic mass is 35.5. The van der Waals surface area contributed by atoms with Gasteiger partial charge in [-0.15, -0.1) is 12.4 Å². The Balaban J connectivity index is 0.00000288. The molecule has 1 unspecified atom stereocenters. The Labute approximate surface area is 149 Å². The van der Waals surface area contributed by atoms with Crippen LogP contribution in [-0.4, -0.2) is 45.5 Å². The van der Waals surface area contributed by atoms with Gasteiger partial charge in [-0.05, 0) is 43.0 Å². The molecule has 0 bridgehead atoms. The summed E-state index contributed by atoms with van der Waals surface area (Å²) in [6.07, 6.45) is 2.10. The van der Waals surface area contributed by atoms with Crippen LogP contribution in [0.5, 0.6) is 5.75 Å². The summed E-state index contributed by atoms with van der Waals surface area (Å²) in [7, 11) is 1.55. The summed E-state index contributed by atoms with van der Waals surface area (Å²) in [5, 5.41) is 2.83. The van der Waals surface area contributed by atoms with E-state index in [1.54, 1.807) is 7.11 Å². The third kappa shape index (κ3) is 7.05. The van der Waals surface area contributed by atoms with E-state index < -0.39 is 0 Å². The Hall–Kier alpha value is -1.34. The average molecular weight is 359 g/mol. The number of rotatable bonds is 8. The van der Waals surface area contributed by atoms with Crippen LogP contribution in [0.15, 0.2) is 24.3 Å². The van der Waals surface area contributed by atoms with Gasteiger partial charge < -0.3 is 25.3 Å². The number of hydrogen-bond donors (Lipinski definition) is 2. The fourth-order valence-electron chi connectivity index (χ4n) is 2.44. The van der Waals surface area contributed by atoms with Crippen LogP contribution >= 0.6 is 12.4 Å². The van der Waals surface area contributed by atoms with Gasteiger partial charge in [0.1, 0.15) is 5.75 Å². The van der Waals surface area contributed by atoms with Crippen molar-refractivity contribution < 1.29 is 19.0 Å². The minimum Gasteiger partial charge on any atom is -0.493 e. The molecule has 1 aromatic carbocycles. The number of nitrogens with two attached hydrogens (primary N) is 1. The predicted octanol–water partition coefficient (Wildman–Crippen LogP) is 2.22. The van der Waals surface area contributed by atoms with Gasteiger partial charge in [0.15, 0.2) is 0 Å². The topological polar surface area (TPSA) is 82.8 Å². The fraction of sp³-hybridized carbons (Fsp3) is 0.588. The SMILES string of the molecule is COC(CN)CC(=O)Nc1ccc(OCC2CCOCC2)cc1.Cl. The van der Waals surface area contributed by atoms with Crippen LogP contribution in [-0.2, 0) is 14.3 Å². The standard InChI is InChI=1S/C17H26N2O4.ClH/c1-21-16(11-18)10-17(20)19-14-2-4-15(5-3-14)23-12-13-6-8-22-9-7-13;/h2-5,13,16H,6-12,18H2,1H3,(H,19,20);1H. The fourth-order valence-corrected chi connectivity index (χ4v) is 2.44. The number of nitrogens with one attached hydrogen (secondary N) is 1. The third-order valence-electron chi connectivity index (χ3n) is 3.97. The summed E-state index contributed by atoms with van der Waals surface area (Å²) in [6.45, 7) is 2.68. The van der Waals surface area contributed by atoms with Crippen LogP contribution < -0.4 is 15.8 Å². The monoisotopic (exact) mass is 358 g/mol. The first kappa shape index (κ1) is 20.7. The number of ether oxygens (including phenoxy) is 3. The maximum Gasteiger partial charge on any atom is 0.227 e. The molecule has 0 spiro atoms. The zero-order chi connectivity index (χ0) is 16.5. The Morgan fingerprint density at radius 2 is 2.00 bits per heavy atom. The number of benzene rings is 1. The van der Waals surface area contributed by atoms with E-state index in [2.05, 4.69) is 5.32 Å². The summed E-state index contributed by atoms with van der Waals surface area (Å²) in [5.41, 5.74) is 6.25. The first-order valence-electron chi connectivity index (χ1n) is 8.04. The van der Waals surface area contributed by atoms with Crippen molar-refractivity contribution in [2.45, 2.75) is 25.4 Å². The Bertz CT molecular complexity index is 474. The molecule has 1 amide bonds. The number of carbonyl (C=O) groups excluding carboxylic acids is 1. The zero-order valence-electron chi connectivity index (χ0n) is 14.0. The maximum atomic E-state index is 11.9. The van der Waals surface area contributed by atoms with Crippen molar-refractivity contribution in [2.24, 2.45) is 11.7 Å². The van der Waals surface area contributed by atoms with E-state index in [9.17, 15) is 4.79 Å². The number of anilines is 1. The Morgan fingerprint density at radius 3 is 2.58 bits per heavy atom. The molecule has 2 rings (SSSR count). The molecule has 136 valence electrons. The van der Waals surface area contributed by atoms with Gasteiger partial charge in [0.2, 0.25) is 5.91 Å². The highest BCUT2D eigenvalue weighted by molar-refractivity contribution is 5.91. The van der Waals surface area contributed by atoms with Crippen LogP contribution in [0.1, 0.15) is 19.3 Å². The van der Waals surface area contributed by atoms with Crippen LogP contribution in [0, 0.1) is 5.92 Å². The van der Waals surface area contributed by atoms with Gasteiger partial charge in [-0.25, -0.2) is 0 Å². The maximum absolute atomic E-state index is 11.9. The summed E-state index contributed by atoms with van der Waals surface area (Å²) in [5.74, 6) is 1.26. The van der Waals surface area contributed by atoms with Crippen LogP contribution in [0.4, 0.5) is 5.69 Å². The zero-order valence-corrected chi connectivity index (χ0v) is 14.8. The van der Waals surface area contributed by atoms with E-state index in [4.69, 9.17) is 19.9 Å². The number of methoxy groups -OCH3 is 1. The normalized spacial score (nSPS) is 16.1. The van der Waals surface area contributed by atoms with E-state index in [1.165, 1.54) is 0 Å². The van der Waals surface area contributed by atoms with E-state index in [-0.39, 0.29) is 30.8 Å². The van der Waals surface area contributed by atoms with Crippen LogP contribution in [0.2, 0.25) is 0 Å². The number of hydrogen-bond acceptors (Lipinski definition) is 5. The number of carbonyl (C=O) groups is 1. The second-order valence-electron chi connectivity index (χ2n) is 5.74. The third-order valence-corrected chi connectivity index (χ3v) is 3.97. The molecule has 1 heterocycles. The molecule has 1 aliphatic heterocycles. The number of halogens is 1. The highest BCUT2D eigenvalue weighted by Crippen LogP contribution is 2.20. The van der Waals surface area contributed by atoms with Crippen molar-refractivity contribution in [1.29, 1.82) is 0 Å². The van der Waals surface area contributed by atoms with Gasteiger partial charge in [0, 0.05) is 32.6 Å². The van der Waals surface area contributed by atoms with Crippen molar-refractivity contribution in [3.63, 3.8) is 0 Å². The summed E-state index contributed by atoms with van der Waals surface area (Å²) >= 11 is 0. The summed E-state index contributed by atoms with van der Waals surface area (Å²) < 4.78 is 16.2. The van der Waals surface area contributed by atoms with Crippen LogP contribution in [0.3, 0.4) is 0 Å². The minimum absolute atomic E-state index is 0. The molecule has 0 saturated carbocycles. The molecule has 1 fully saturated rings. The Morgan fingerprint density at radius 1 is 1.33 bits per heavy atom. The molecular formula is C17H27ClN2O4. The first-order valence-corrected chi connectivity index (χ1v) is 8.04. The van der Waals surface area contributed by atoms with E-state index in [0.29, 0.717) is 19.1 Å². The van der Waals surface area contributed by atoms with Gasteiger partial charge in [0.05, 0.1) is 19.1 Å². The van der Waals surface area contributed by atoms with Crippen molar-refractivity contribution in [2.75, 3.05) is 38.8 Å². The van der Waals surface area contributed by atoms with Crippen molar-refractivity contribution in [3.8, 4) is 5.75 Å². The van der Waals surface area contributed by atoms with Gasteiger partial charge in [-0.2, -0.15) is 0 Å². The Kier molecular flexibility index (Phi) is 9.71. The summed E-state index contributed by atoms with van der Waals surface area (Å²) in [6, 6.07) is 7.40. The largest absolute Gasteiger partial charge is 0.493 e. The lowest BCUT2D eigenvalue weighted by atomic mass is 10.0. The number of amides is 1. The second kappa shape index (κ2) is 11.3. The summed E-state index contributed by atoms with van der Waals surface area (Å²) in [4.78, 5) is 11.9. The van der Waals surface area contributed by atoms with E-state index >= 15 is 0 Å². The highest BCUT2D eigenvalue weighted by Gasteiger charge is 2.14. The molecule has 3 N–H and O–H groups in total. The molecule has 0 aromatic heterocycles. The van der Waals surface area contributed by atoms with Crippen molar-refractivity contribution >= 4 is 24.0 Å². The lowest BCUT2D eigenvalue weighted by Crippen LogP contribution is -2.28. The molecule has 7 heteroatoms. The minimum atomic E-state index is -0.253. The molecular weight excluding hydrogens is 332 g/mol. The molecule has 1 atom stereocenters. The first-order chi connectivity index (χ1) is 11.2. The van der Waals surface area contributed by atoms with E-state index in [0.717, 1.165) is 37.5 Å². The van der Waals surface area contributed by atoms with Gasteiger partial charge >= 0.3 is 0 Å². The molecule has 6 nitrogen and oxygen atoms in total. The van der Waals surface area contributed by atoms with Gasteiger partial charge in [-0.1, -0.05) is 0 Å². The molecule has 1 aromatic rings. The smallest absolute Gasteiger partial charge is 0.227 e. The molecule has 0 aliphatic carbocycles. The second-order valence-corrected chi connectivity index (χ2v) is 5.74. The van der Waals surface area contributed by atoms with Gasteiger partial charge in [-0.3, -0.25) is 4.79 Å². The quantitative estimate of drug-likeness (QED) is 0.744. The predicted molar refractivity (Wildman–Crippen MR) is 95.8 cm³/mol. The lowest BCUT2D eigenvalue weighted by Gasteiger charge is -2.22. The van der Waals surface area contributed by atoms with E-state index in [1.807, 2.05) is 24.3 Å². The van der Waals surface area contributed by atoms with Crippen molar-refractivity contribution in [1.82, 2.24) is 0 Å². The van der Waals surface area contributed by atoms with Gasteiger partial charge in [0.25, 0.3) is 0 Å².